The number of halogens is 1. The zero-order valence-electron chi connectivity index (χ0n) is 17.7. The third kappa shape index (κ3) is 4.89. The maximum absolute atomic E-state index is 13.2. The predicted octanol–water partition coefficient (Wildman–Crippen LogP) is 5.10. The fraction of sp³-hybridized carbons (Fsp3) is 0.0870. The summed E-state index contributed by atoms with van der Waals surface area (Å²) in [6.45, 7) is 1.70. The van der Waals surface area contributed by atoms with Crippen molar-refractivity contribution in [2.75, 3.05) is 11.8 Å². The summed E-state index contributed by atoms with van der Waals surface area (Å²) in [5.41, 5.74) is 1.18. The first kappa shape index (κ1) is 22.5. The lowest BCUT2D eigenvalue weighted by Crippen LogP contribution is -2.16. The van der Waals surface area contributed by atoms with Crippen LogP contribution in [0.3, 0.4) is 0 Å². The first-order valence-corrected chi connectivity index (χ1v) is 11.6. The van der Waals surface area contributed by atoms with Gasteiger partial charge in [-0.15, -0.1) is 0 Å². The number of nitrogens with one attached hydrogen (secondary N) is 1. The largest absolute Gasteiger partial charge is 0.493 e. The molecule has 2 heterocycles. The number of methoxy groups -OCH3 is 1. The molecule has 2 aromatic heterocycles. The Morgan fingerprint density at radius 2 is 1.58 bits per heavy atom. The fourth-order valence-electron chi connectivity index (χ4n) is 3.07. The summed E-state index contributed by atoms with van der Waals surface area (Å²) in [4.78, 5) is 12.8. The molecule has 0 amide bonds. The zero-order valence-corrected chi connectivity index (χ0v) is 19.3. The molecule has 0 aliphatic carbocycles. The van der Waals surface area contributed by atoms with E-state index >= 15 is 0 Å². The molecule has 10 heteroatoms. The van der Waals surface area contributed by atoms with Crippen LogP contribution in [-0.2, 0) is 10.0 Å². The second-order valence-corrected chi connectivity index (χ2v) is 8.88. The number of para-hydroxylation sites is 2. The molecule has 2 aromatic carbocycles. The van der Waals surface area contributed by atoms with E-state index < -0.39 is 10.0 Å². The Hall–Kier alpha value is -3.69. The lowest BCUT2D eigenvalue weighted by Gasteiger charge is -2.16. The highest BCUT2D eigenvalue weighted by atomic mass is 35.5. The van der Waals surface area contributed by atoms with Crippen molar-refractivity contribution in [3.05, 3.63) is 83.8 Å². The summed E-state index contributed by atoms with van der Waals surface area (Å²) >= 11 is 6.47. The van der Waals surface area contributed by atoms with E-state index in [9.17, 15) is 8.42 Å². The van der Waals surface area contributed by atoms with Gasteiger partial charge in [0.15, 0.2) is 28.3 Å². The molecule has 4 aromatic rings. The van der Waals surface area contributed by atoms with Crippen molar-refractivity contribution in [1.82, 2.24) is 15.0 Å². The van der Waals surface area contributed by atoms with Crippen LogP contribution in [-0.4, -0.2) is 30.5 Å². The molecule has 0 aliphatic heterocycles. The Kier molecular flexibility index (Phi) is 6.43. The Balaban J connectivity index is 1.85. The number of nitrogens with zero attached hydrogens (tertiary/aromatic N) is 3. The number of aryl methyl sites for hydroxylation is 1. The van der Waals surface area contributed by atoms with Crippen LogP contribution in [0.1, 0.15) is 5.56 Å². The molecule has 0 atom stereocenters. The van der Waals surface area contributed by atoms with E-state index in [0.717, 1.165) is 0 Å². The topological polar surface area (TPSA) is 103 Å². The maximum atomic E-state index is 13.2. The van der Waals surface area contributed by atoms with Crippen LogP contribution in [0, 0.1) is 6.92 Å². The van der Waals surface area contributed by atoms with Gasteiger partial charge in [-0.3, -0.25) is 9.71 Å². The van der Waals surface area contributed by atoms with Gasteiger partial charge in [0, 0.05) is 18.0 Å². The summed E-state index contributed by atoms with van der Waals surface area (Å²) in [5.74, 6) is 0.780. The number of pyridine rings is 1. The summed E-state index contributed by atoms with van der Waals surface area (Å²) in [5, 5.41) is -0.0785. The smallest absolute Gasteiger partial charge is 0.263 e. The molecule has 0 fully saturated rings. The first-order chi connectivity index (χ1) is 15.9. The molecule has 0 bridgehead atoms. The van der Waals surface area contributed by atoms with Gasteiger partial charge in [-0.05, 0) is 42.8 Å². The van der Waals surface area contributed by atoms with Gasteiger partial charge in [-0.1, -0.05) is 41.9 Å². The molecule has 0 radical (unpaired) electrons. The Morgan fingerprint density at radius 1 is 0.909 bits per heavy atom. The van der Waals surface area contributed by atoms with E-state index in [2.05, 4.69) is 19.7 Å². The first-order valence-electron chi connectivity index (χ1n) is 9.76. The normalized spacial score (nSPS) is 11.1. The van der Waals surface area contributed by atoms with Crippen LogP contribution in [0.2, 0.25) is 5.15 Å². The van der Waals surface area contributed by atoms with Gasteiger partial charge < -0.3 is 9.47 Å². The van der Waals surface area contributed by atoms with E-state index in [-0.39, 0.29) is 27.4 Å². The molecule has 1 N–H and O–H groups in total. The highest BCUT2D eigenvalue weighted by Crippen LogP contribution is 2.40. The number of anilines is 1. The van der Waals surface area contributed by atoms with Crippen LogP contribution >= 0.6 is 11.6 Å². The number of benzene rings is 2. The minimum atomic E-state index is -4.01. The van der Waals surface area contributed by atoms with Crippen molar-refractivity contribution < 1.29 is 17.9 Å². The van der Waals surface area contributed by atoms with E-state index in [1.54, 1.807) is 73.9 Å². The molecule has 0 spiro atoms. The number of hydrogen-bond donors (Lipinski definition) is 1. The van der Waals surface area contributed by atoms with Gasteiger partial charge in [0.2, 0.25) is 5.75 Å². The molecular formula is C23H19ClN4O4S. The number of aromatic nitrogens is 3. The fourth-order valence-corrected chi connectivity index (χ4v) is 4.53. The van der Waals surface area contributed by atoms with Gasteiger partial charge in [0.25, 0.3) is 10.0 Å². The van der Waals surface area contributed by atoms with Crippen LogP contribution in [0.5, 0.6) is 17.2 Å². The van der Waals surface area contributed by atoms with Gasteiger partial charge in [0.1, 0.15) is 0 Å². The third-order valence-corrected chi connectivity index (χ3v) is 6.41. The molecule has 33 heavy (non-hydrogen) atoms. The van der Waals surface area contributed by atoms with Crippen molar-refractivity contribution in [3.63, 3.8) is 0 Å². The monoisotopic (exact) mass is 482 g/mol. The molecule has 0 saturated heterocycles. The lowest BCUT2D eigenvalue weighted by atomic mass is 10.2. The number of ether oxygens (including phenoxy) is 2. The van der Waals surface area contributed by atoms with E-state index in [1.165, 1.54) is 13.2 Å². The van der Waals surface area contributed by atoms with Crippen LogP contribution in [0.15, 0.2) is 78.0 Å². The van der Waals surface area contributed by atoms with Crippen molar-refractivity contribution in [2.24, 2.45) is 0 Å². The maximum Gasteiger partial charge on any atom is 0.263 e. The van der Waals surface area contributed by atoms with Crippen molar-refractivity contribution >= 4 is 27.4 Å². The van der Waals surface area contributed by atoms with Gasteiger partial charge in [0.05, 0.1) is 12.0 Å². The Labute approximate surface area is 196 Å². The zero-order chi connectivity index (χ0) is 23.4. The van der Waals surface area contributed by atoms with E-state index in [4.69, 9.17) is 21.1 Å². The van der Waals surface area contributed by atoms with Crippen LogP contribution < -0.4 is 14.2 Å². The average molecular weight is 483 g/mol. The van der Waals surface area contributed by atoms with E-state index in [1.807, 2.05) is 0 Å². The molecular weight excluding hydrogens is 464 g/mol. The lowest BCUT2D eigenvalue weighted by molar-refractivity contribution is 0.378. The second-order valence-electron chi connectivity index (χ2n) is 6.88. The van der Waals surface area contributed by atoms with Gasteiger partial charge >= 0.3 is 0 Å². The highest BCUT2D eigenvalue weighted by Gasteiger charge is 2.24. The van der Waals surface area contributed by atoms with E-state index in [0.29, 0.717) is 22.6 Å². The predicted molar refractivity (Wildman–Crippen MR) is 125 cm³/mol. The minimum absolute atomic E-state index is 0.0591. The standard InChI is InChI=1S/C23H19ClN4O4S/c1-15-7-3-6-10-19(15)33(29,30)28-23-20(32-18-9-5-4-8-17(18)31-2)21(24)26-22(27-23)16-11-13-25-14-12-16/h3-14H,1-2H3,(H,26,27,28). The van der Waals surface area contributed by atoms with Crippen molar-refractivity contribution in [2.45, 2.75) is 11.8 Å². The molecule has 0 unspecified atom stereocenters. The number of sulfonamides is 1. The van der Waals surface area contributed by atoms with Crippen molar-refractivity contribution in [1.29, 1.82) is 0 Å². The van der Waals surface area contributed by atoms with Crippen LogP contribution in [0.4, 0.5) is 5.82 Å². The molecule has 168 valence electrons. The molecule has 4 rings (SSSR count). The third-order valence-electron chi connectivity index (χ3n) is 4.66. The van der Waals surface area contributed by atoms with Crippen LogP contribution in [0.25, 0.3) is 11.4 Å². The summed E-state index contributed by atoms with van der Waals surface area (Å²) < 4.78 is 40.2. The quantitative estimate of drug-likeness (QED) is 0.365. The minimum Gasteiger partial charge on any atom is -0.493 e. The molecule has 0 saturated carbocycles. The molecule has 0 aliphatic rings. The van der Waals surface area contributed by atoms with Crippen molar-refractivity contribution in [3.8, 4) is 28.6 Å². The Morgan fingerprint density at radius 3 is 2.27 bits per heavy atom. The van der Waals surface area contributed by atoms with Gasteiger partial charge in [-0.25, -0.2) is 18.4 Å². The number of hydrogen-bond acceptors (Lipinski definition) is 7. The summed E-state index contributed by atoms with van der Waals surface area (Å²) in [6.07, 6.45) is 3.14. The molecule has 8 nitrogen and oxygen atoms in total. The summed E-state index contributed by atoms with van der Waals surface area (Å²) in [6, 6.07) is 16.9. The average Bonchev–Trinajstić information content (AvgIpc) is 2.82. The van der Waals surface area contributed by atoms with Gasteiger partial charge in [-0.2, -0.15) is 0 Å². The SMILES string of the molecule is COc1ccccc1Oc1c(Cl)nc(-c2ccncc2)nc1NS(=O)(=O)c1ccccc1C. The number of rotatable bonds is 7. The second kappa shape index (κ2) is 9.43. The summed E-state index contributed by atoms with van der Waals surface area (Å²) in [7, 11) is -2.52. The highest BCUT2D eigenvalue weighted by molar-refractivity contribution is 7.92. The Bertz CT molecular complexity index is 1400.